The van der Waals surface area contributed by atoms with Crippen molar-refractivity contribution in [2.45, 2.75) is 32.4 Å². The smallest absolute Gasteiger partial charge is 0.0794 e. The number of nitrogens with zero attached hydrogens (tertiary/aromatic N) is 2. The third kappa shape index (κ3) is 2.56. The lowest BCUT2D eigenvalue weighted by Crippen LogP contribution is -2.46. The zero-order valence-electron chi connectivity index (χ0n) is 9.39. The fraction of sp³-hybridized carbons (Fsp3) is 0.727. The molecule has 0 radical (unpaired) electrons. The van der Waals surface area contributed by atoms with Crippen molar-refractivity contribution in [3.05, 3.63) is 16.6 Å². The van der Waals surface area contributed by atoms with Crippen LogP contribution in [0.2, 0.25) is 0 Å². The topological polar surface area (TPSA) is 42.1 Å². The van der Waals surface area contributed by atoms with E-state index in [0.29, 0.717) is 18.0 Å². The van der Waals surface area contributed by atoms with E-state index in [9.17, 15) is 0 Å². The van der Waals surface area contributed by atoms with Crippen LogP contribution in [0.15, 0.2) is 11.7 Å². The van der Waals surface area contributed by atoms with Gasteiger partial charge in [-0.2, -0.15) is 0 Å². The van der Waals surface area contributed by atoms with Gasteiger partial charge in [0.05, 0.1) is 5.51 Å². The number of rotatable bonds is 2. The number of hydrogen-bond acceptors (Lipinski definition) is 4. The Balaban J connectivity index is 2.03. The minimum Gasteiger partial charge on any atom is -0.327 e. The SMILES string of the molecule is CC1CC(N)CN(C(C)c2cncs2)C1. The molecule has 2 N–H and O–H groups in total. The summed E-state index contributed by atoms with van der Waals surface area (Å²) in [7, 11) is 0. The van der Waals surface area contributed by atoms with Gasteiger partial charge in [-0.3, -0.25) is 9.88 Å². The maximum atomic E-state index is 6.05. The summed E-state index contributed by atoms with van der Waals surface area (Å²) >= 11 is 1.73. The van der Waals surface area contributed by atoms with Crippen LogP contribution in [0.3, 0.4) is 0 Å². The predicted molar refractivity (Wildman–Crippen MR) is 63.9 cm³/mol. The Morgan fingerprint density at radius 1 is 1.60 bits per heavy atom. The van der Waals surface area contributed by atoms with Gasteiger partial charge in [-0.25, -0.2) is 0 Å². The number of hydrogen-bond donors (Lipinski definition) is 1. The van der Waals surface area contributed by atoms with Gasteiger partial charge in [-0.15, -0.1) is 11.3 Å². The van der Waals surface area contributed by atoms with Crippen molar-refractivity contribution in [3.8, 4) is 0 Å². The second-order valence-electron chi connectivity index (χ2n) is 4.63. The van der Waals surface area contributed by atoms with Crippen LogP contribution in [-0.4, -0.2) is 29.0 Å². The number of likely N-dealkylation sites (tertiary alicyclic amines) is 1. The fourth-order valence-corrected chi connectivity index (χ4v) is 3.08. The highest BCUT2D eigenvalue weighted by atomic mass is 32.1. The second-order valence-corrected chi connectivity index (χ2v) is 5.55. The predicted octanol–water partition coefficient (Wildman–Crippen LogP) is 1.87. The van der Waals surface area contributed by atoms with Gasteiger partial charge in [0.25, 0.3) is 0 Å². The largest absolute Gasteiger partial charge is 0.327 e. The molecule has 1 aromatic heterocycles. The Labute approximate surface area is 95.3 Å². The summed E-state index contributed by atoms with van der Waals surface area (Å²) in [5.41, 5.74) is 7.95. The standard InChI is InChI=1S/C11H19N3S/c1-8-3-10(12)6-14(5-8)9(2)11-4-13-7-15-11/h4,7-10H,3,5-6,12H2,1-2H3. The number of thiazole rings is 1. The van der Waals surface area contributed by atoms with Crippen molar-refractivity contribution in [1.29, 1.82) is 0 Å². The third-order valence-electron chi connectivity index (χ3n) is 3.13. The first-order valence-electron chi connectivity index (χ1n) is 5.55. The van der Waals surface area contributed by atoms with Crippen LogP contribution in [0.4, 0.5) is 0 Å². The molecule has 1 aliphatic rings. The summed E-state index contributed by atoms with van der Waals surface area (Å²) in [6, 6.07) is 0.801. The molecule has 0 amide bonds. The van der Waals surface area contributed by atoms with Crippen molar-refractivity contribution in [2.75, 3.05) is 13.1 Å². The van der Waals surface area contributed by atoms with Crippen molar-refractivity contribution >= 4 is 11.3 Å². The molecule has 3 atom stereocenters. The normalized spacial score (nSPS) is 30.3. The molecule has 3 unspecified atom stereocenters. The molecule has 0 spiro atoms. The molecule has 1 aromatic rings. The van der Waals surface area contributed by atoms with E-state index in [4.69, 9.17) is 5.73 Å². The lowest BCUT2D eigenvalue weighted by molar-refractivity contribution is 0.125. The highest BCUT2D eigenvalue weighted by Gasteiger charge is 2.26. The van der Waals surface area contributed by atoms with E-state index in [1.54, 1.807) is 11.3 Å². The van der Waals surface area contributed by atoms with E-state index in [2.05, 4.69) is 23.7 Å². The first-order valence-corrected chi connectivity index (χ1v) is 6.42. The fourth-order valence-electron chi connectivity index (χ4n) is 2.37. The van der Waals surface area contributed by atoms with Gasteiger partial charge < -0.3 is 5.73 Å². The molecule has 0 bridgehead atoms. The Bertz CT molecular complexity index is 289. The van der Waals surface area contributed by atoms with E-state index in [0.717, 1.165) is 19.5 Å². The third-order valence-corrected chi connectivity index (χ3v) is 4.08. The first-order chi connectivity index (χ1) is 7.16. The van der Waals surface area contributed by atoms with Crippen LogP contribution in [0.5, 0.6) is 0 Å². The molecule has 0 aromatic carbocycles. The van der Waals surface area contributed by atoms with Crippen molar-refractivity contribution in [2.24, 2.45) is 11.7 Å². The van der Waals surface area contributed by atoms with Crippen LogP contribution in [-0.2, 0) is 0 Å². The van der Waals surface area contributed by atoms with E-state index < -0.39 is 0 Å². The van der Waals surface area contributed by atoms with E-state index in [-0.39, 0.29) is 0 Å². The zero-order valence-corrected chi connectivity index (χ0v) is 10.2. The molecule has 0 saturated carbocycles. The van der Waals surface area contributed by atoms with E-state index in [1.165, 1.54) is 4.88 Å². The highest BCUT2D eigenvalue weighted by molar-refractivity contribution is 7.09. The van der Waals surface area contributed by atoms with Crippen molar-refractivity contribution in [3.63, 3.8) is 0 Å². The van der Waals surface area contributed by atoms with Gasteiger partial charge >= 0.3 is 0 Å². The molecular weight excluding hydrogens is 206 g/mol. The average Bonchev–Trinajstić information content (AvgIpc) is 2.67. The lowest BCUT2D eigenvalue weighted by atomic mass is 9.95. The van der Waals surface area contributed by atoms with Gasteiger partial charge in [0.15, 0.2) is 0 Å². The lowest BCUT2D eigenvalue weighted by Gasteiger charge is -2.38. The molecule has 4 heteroatoms. The summed E-state index contributed by atoms with van der Waals surface area (Å²) in [5, 5.41) is 0. The quantitative estimate of drug-likeness (QED) is 0.835. The summed E-state index contributed by atoms with van der Waals surface area (Å²) in [5.74, 6) is 0.712. The molecule has 0 aliphatic carbocycles. The Morgan fingerprint density at radius 2 is 2.40 bits per heavy atom. The van der Waals surface area contributed by atoms with Gasteiger partial charge in [0.1, 0.15) is 0 Å². The number of nitrogens with two attached hydrogens (primary N) is 1. The molecule has 2 rings (SSSR count). The van der Waals surface area contributed by atoms with Crippen LogP contribution >= 0.6 is 11.3 Å². The van der Waals surface area contributed by atoms with Crippen LogP contribution in [0.1, 0.15) is 31.2 Å². The average molecular weight is 225 g/mol. The molecule has 1 saturated heterocycles. The minimum atomic E-state index is 0.337. The van der Waals surface area contributed by atoms with Gasteiger partial charge in [-0.1, -0.05) is 6.92 Å². The zero-order chi connectivity index (χ0) is 10.8. The Hall–Kier alpha value is -0.450. The summed E-state index contributed by atoms with van der Waals surface area (Å²) < 4.78 is 0. The maximum Gasteiger partial charge on any atom is 0.0794 e. The summed E-state index contributed by atoms with van der Waals surface area (Å²) in [6.45, 7) is 6.71. The highest BCUT2D eigenvalue weighted by Crippen LogP contribution is 2.27. The molecular formula is C11H19N3S. The molecule has 1 fully saturated rings. The molecule has 1 aliphatic heterocycles. The van der Waals surface area contributed by atoms with Gasteiger partial charge in [0.2, 0.25) is 0 Å². The van der Waals surface area contributed by atoms with Gasteiger partial charge in [0, 0.05) is 36.2 Å². The summed E-state index contributed by atoms with van der Waals surface area (Å²) in [6.07, 6.45) is 3.13. The number of piperidine rings is 1. The second kappa shape index (κ2) is 4.60. The Kier molecular flexibility index (Phi) is 3.38. The Morgan fingerprint density at radius 3 is 3.00 bits per heavy atom. The van der Waals surface area contributed by atoms with Crippen molar-refractivity contribution < 1.29 is 0 Å². The molecule has 3 nitrogen and oxygen atoms in total. The molecule has 15 heavy (non-hydrogen) atoms. The first kappa shape index (κ1) is 11.0. The van der Waals surface area contributed by atoms with Crippen molar-refractivity contribution in [1.82, 2.24) is 9.88 Å². The monoisotopic (exact) mass is 225 g/mol. The van der Waals surface area contributed by atoms with E-state index >= 15 is 0 Å². The van der Waals surface area contributed by atoms with Crippen LogP contribution in [0, 0.1) is 5.92 Å². The van der Waals surface area contributed by atoms with Crippen LogP contribution < -0.4 is 5.73 Å². The summed E-state index contributed by atoms with van der Waals surface area (Å²) in [4.78, 5) is 7.96. The number of aromatic nitrogens is 1. The van der Waals surface area contributed by atoms with Crippen LogP contribution in [0.25, 0.3) is 0 Å². The molecule has 2 heterocycles. The van der Waals surface area contributed by atoms with E-state index in [1.807, 2.05) is 11.7 Å². The molecule has 84 valence electrons. The minimum absolute atomic E-state index is 0.337. The van der Waals surface area contributed by atoms with Gasteiger partial charge in [-0.05, 0) is 19.3 Å². The maximum absolute atomic E-state index is 6.05.